The van der Waals surface area contributed by atoms with Gasteiger partial charge in [-0.05, 0) is 37.3 Å². The van der Waals surface area contributed by atoms with E-state index in [9.17, 15) is 4.79 Å². The molecule has 2 aromatic carbocycles. The number of nitrogens with zero attached hydrogens (tertiary/aromatic N) is 1. The van der Waals surface area contributed by atoms with E-state index < -0.39 is 0 Å². The average Bonchev–Trinajstić information content (AvgIpc) is 3.02. The molecule has 1 heterocycles. The number of amides is 1. The van der Waals surface area contributed by atoms with Gasteiger partial charge in [-0.15, -0.1) is 0 Å². The minimum absolute atomic E-state index is 0.245. The summed E-state index contributed by atoms with van der Waals surface area (Å²) in [7, 11) is 3.15. The Morgan fingerprint density at radius 1 is 1.11 bits per heavy atom. The van der Waals surface area contributed by atoms with Crippen molar-refractivity contribution in [3.05, 3.63) is 58.1 Å². The lowest BCUT2D eigenvalue weighted by Crippen LogP contribution is -2.11. The zero-order valence-corrected chi connectivity index (χ0v) is 16.6. The second-order valence-electron chi connectivity index (χ2n) is 5.59. The number of rotatable bonds is 6. The highest BCUT2D eigenvalue weighted by Gasteiger charge is 2.16. The van der Waals surface area contributed by atoms with Gasteiger partial charge in [-0.3, -0.25) is 4.79 Å². The van der Waals surface area contributed by atoms with Crippen LogP contribution in [-0.4, -0.2) is 25.1 Å². The Bertz CT molecular complexity index is 975. The number of carbonyl (C=O) groups excluding carboxylic acids is 1. The van der Waals surface area contributed by atoms with Gasteiger partial charge in [0.2, 0.25) is 0 Å². The van der Waals surface area contributed by atoms with E-state index in [1.165, 1.54) is 18.4 Å². The van der Waals surface area contributed by atoms with Crippen molar-refractivity contribution < 1.29 is 14.3 Å². The Morgan fingerprint density at radius 3 is 2.63 bits per heavy atom. The maximum absolute atomic E-state index is 12.6. The summed E-state index contributed by atoms with van der Waals surface area (Å²) in [5.74, 6) is 1.04. The SMILES string of the molecule is COc1cccc(Nc2nc(C)c(C(=O)Nc3ccc(OC)c(Cl)c3)s2)c1. The molecular weight excluding hydrogens is 386 g/mol. The number of aromatic nitrogens is 1. The highest BCUT2D eigenvalue weighted by Crippen LogP contribution is 2.30. The van der Waals surface area contributed by atoms with Crippen LogP contribution in [0.2, 0.25) is 5.02 Å². The van der Waals surface area contributed by atoms with E-state index in [1.54, 1.807) is 32.2 Å². The van der Waals surface area contributed by atoms with Crippen molar-refractivity contribution in [1.82, 2.24) is 4.98 Å². The summed E-state index contributed by atoms with van der Waals surface area (Å²) >= 11 is 7.38. The number of methoxy groups -OCH3 is 2. The maximum Gasteiger partial charge on any atom is 0.267 e. The Kier molecular flexibility index (Phi) is 5.83. The number of nitrogens with one attached hydrogen (secondary N) is 2. The lowest BCUT2D eigenvalue weighted by atomic mass is 10.3. The van der Waals surface area contributed by atoms with Crippen LogP contribution in [0.25, 0.3) is 0 Å². The molecule has 0 radical (unpaired) electrons. The van der Waals surface area contributed by atoms with E-state index in [0.29, 0.717) is 32.2 Å². The van der Waals surface area contributed by atoms with Crippen LogP contribution in [0.15, 0.2) is 42.5 Å². The van der Waals surface area contributed by atoms with E-state index in [1.807, 2.05) is 24.3 Å². The third kappa shape index (κ3) is 4.50. The van der Waals surface area contributed by atoms with Crippen molar-refractivity contribution >= 4 is 45.4 Å². The number of hydrogen-bond acceptors (Lipinski definition) is 6. The molecule has 0 aliphatic heterocycles. The third-order valence-corrected chi connectivity index (χ3v) is 5.10. The standard InChI is InChI=1S/C19H18ClN3O3S/c1-11-17(18(24)22-13-7-8-16(26-3)15(20)10-13)27-19(21-11)23-12-5-4-6-14(9-12)25-2/h4-10H,1-3H3,(H,21,23)(H,22,24). The first-order valence-electron chi connectivity index (χ1n) is 8.03. The van der Waals surface area contributed by atoms with Gasteiger partial charge in [-0.2, -0.15) is 0 Å². The second kappa shape index (κ2) is 8.28. The number of carbonyl (C=O) groups is 1. The Hall–Kier alpha value is -2.77. The molecule has 2 N–H and O–H groups in total. The number of anilines is 3. The molecule has 0 atom stereocenters. The van der Waals surface area contributed by atoms with Crippen LogP contribution in [0, 0.1) is 6.92 Å². The van der Waals surface area contributed by atoms with Crippen LogP contribution in [0.3, 0.4) is 0 Å². The fraction of sp³-hybridized carbons (Fsp3) is 0.158. The highest BCUT2D eigenvalue weighted by molar-refractivity contribution is 7.17. The molecule has 0 saturated carbocycles. The van der Waals surface area contributed by atoms with Gasteiger partial charge in [0, 0.05) is 17.4 Å². The van der Waals surface area contributed by atoms with E-state index >= 15 is 0 Å². The third-order valence-electron chi connectivity index (χ3n) is 3.73. The molecule has 27 heavy (non-hydrogen) atoms. The lowest BCUT2D eigenvalue weighted by molar-refractivity contribution is 0.103. The van der Waals surface area contributed by atoms with Crippen molar-refractivity contribution in [3.8, 4) is 11.5 Å². The normalized spacial score (nSPS) is 10.4. The van der Waals surface area contributed by atoms with Crippen LogP contribution in [-0.2, 0) is 0 Å². The van der Waals surface area contributed by atoms with Gasteiger partial charge in [-0.25, -0.2) is 4.98 Å². The van der Waals surface area contributed by atoms with Gasteiger partial charge < -0.3 is 20.1 Å². The summed E-state index contributed by atoms with van der Waals surface area (Å²) in [5, 5.41) is 7.07. The summed E-state index contributed by atoms with van der Waals surface area (Å²) in [6.07, 6.45) is 0. The van der Waals surface area contributed by atoms with Crippen LogP contribution < -0.4 is 20.1 Å². The van der Waals surface area contributed by atoms with Gasteiger partial charge in [-0.1, -0.05) is 29.0 Å². The molecule has 3 aromatic rings. The minimum Gasteiger partial charge on any atom is -0.497 e. The summed E-state index contributed by atoms with van der Waals surface area (Å²) in [6, 6.07) is 12.6. The van der Waals surface area contributed by atoms with E-state index in [-0.39, 0.29) is 5.91 Å². The van der Waals surface area contributed by atoms with E-state index in [4.69, 9.17) is 21.1 Å². The van der Waals surface area contributed by atoms with Crippen LogP contribution in [0.5, 0.6) is 11.5 Å². The molecule has 1 aromatic heterocycles. The Balaban J connectivity index is 1.75. The van der Waals surface area contributed by atoms with Crippen LogP contribution in [0.4, 0.5) is 16.5 Å². The zero-order chi connectivity index (χ0) is 19.4. The largest absolute Gasteiger partial charge is 0.497 e. The summed E-state index contributed by atoms with van der Waals surface area (Å²) in [4.78, 5) is 17.6. The number of ether oxygens (including phenoxy) is 2. The molecule has 3 rings (SSSR count). The number of aryl methyl sites for hydroxylation is 1. The van der Waals surface area contributed by atoms with E-state index in [2.05, 4.69) is 15.6 Å². The van der Waals surface area contributed by atoms with Crippen molar-refractivity contribution in [2.45, 2.75) is 6.92 Å². The van der Waals surface area contributed by atoms with Crippen molar-refractivity contribution in [2.75, 3.05) is 24.9 Å². The van der Waals surface area contributed by atoms with Gasteiger partial charge >= 0.3 is 0 Å². The molecule has 0 unspecified atom stereocenters. The molecule has 6 nitrogen and oxygen atoms in total. The minimum atomic E-state index is -0.245. The molecule has 1 amide bonds. The van der Waals surface area contributed by atoms with Gasteiger partial charge in [0.05, 0.1) is 24.9 Å². The number of halogens is 1. The highest BCUT2D eigenvalue weighted by atomic mass is 35.5. The van der Waals surface area contributed by atoms with Gasteiger partial charge in [0.1, 0.15) is 16.4 Å². The summed E-state index contributed by atoms with van der Waals surface area (Å²) in [5.41, 5.74) is 2.06. The Morgan fingerprint density at radius 2 is 1.93 bits per heavy atom. The molecule has 140 valence electrons. The first-order chi connectivity index (χ1) is 13.0. The monoisotopic (exact) mass is 403 g/mol. The second-order valence-corrected chi connectivity index (χ2v) is 7.00. The fourth-order valence-corrected chi connectivity index (χ4v) is 3.56. The Labute approximate surface area is 166 Å². The average molecular weight is 404 g/mol. The summed E-state index contributed by atoms with van der Waals surface area (Å²) < 4.78 is 10.3. The van der Waals surface area contributed by atoms with Crippen molar-refractivity contribution in [2.24, 2.45) is 0 Å². The van der Waals surface area contributed by atoms with Crippen molar-refractivity contribution in [3.63, 3.8) is 0 Å². The molecular formula is C19H18ClN3O3S. The van der Waals surface area contributed by atoms with Gasteiger partial charge in [0.15, 0.2) is 5.13 Å². The number of thiazole rings is 1. The molecule has 0 aliphatic carbocycles. The quantitative estimate of drug-likeness (QED) is 0.597. The topological polar surface area (TPSA) is 72.5 Å². The smallest absolute Gasteiger partial charge is 0.267 e. The zero-order valence-electron chi connectivity index (χ0n) is 15.0. The van der Waals surface area contributed by atoms with Crippen molar-refractivity contribution in [1.29, 1.82) is 0 Å². The van der Waals surface area contributed by atoms with E-state index in [0.717, 1.165) is 11.4 Å². The van der Waals surface area contributed by atoms with Crippen LogP contribution in [0.1, 0.15) is 15.4 Å². The molecule has 0 aliphatic rings. The predicted octanol–water partition coefficient (Wildman–Crippen LogP) is 5.12. The number of hydrogen-bond donors (Lipinski definition) is 2. The number of benzene rings is 2. The predicted molar refractivity (Wildman–Crippen MR) is 109 cm³/mol. The molecule has 8 heteroatoms. The first kappa shape index (κ1) is 19.0. The molecule has 0 spiro atoms. The fourth-order valence-electron chi connectivity index (χ4n) is 2.42. The maximum atomic E-state index is 12.6. The lowest BCUT2D eigenvalue weighted by Gasteiger charge is -2.07. The first-order valence-corrected chi connectivity index (χ1v) is 9.23. The molecule has 0 saturated heterocycles. The molecule has 0 fully saturated rings. The van der Waals surface area contributed by atoms with Crippen LogP contribution >= 0.6 is 22.9 Å². The molecule has 0 bridgehead atoms. The summed E-state index contributed by atoms with van der Waals surface area (Å²) in [6.45, 7) is 1.79. The van der Waals surface area contributed by atoms with Gasteiger partial charge in [0.25, 0.3) is 5.91 Å².